The summed E-state index contributed by atoms with van der Waals surface area (Å²) in [5.41, 5.74) is 1.09. The standard InChI is InChI=1S/C14H19BrN2O2/c1-10-7-16-8-13(6-14(18)19)17(9-10)12-4-2-11(15)3-5-12/h2-5,10,13,16H,6-9H2,1H3,(H,18,19). The van der Waals surface area contributed by atoms with Crippen LogP contribution in [0.25, 0.3) is 0 Å². The monoisotopic (exact) mass is 326 g/mol. The van der Waals surface area contributed by atoms with Crippen molar-refractivity contribution in [2.24, 2.45) is 5.92 Å². The van der Waals surface area contributed by atoms with E-state index in [1.807, 2.05) is 24.3 Å². The van der Waals surface area contributed by atoms with E-state index in [9.17, 15) is 4.79 Å². The number of nitrogens with one attached hydrogen (secondary N) is 1. The molecule has 2 rings (SSSR count). The number of hydrogen-bond donors (Lipinski definition) is 2. The van der Waals surface area contributed by atoms with Gasteiger partial charge >= 0.3 is 5.97 Å². The van der Waals surface area contributed by atoms with E-state index in [0.29, 0.717) is 12.5 Å². The summed E-state index contributed by atoms with van der Waals surface area (Å²) in [7, 11) is 0. The number of carboxylic acid groups (broad SMARTS) is 1. The van der Waals surface area contributed by atoms with Gasteiger partial charge in [-0.2, -0.15) is 0 Å². The first-order valence-electron chi connectivity index (χ1n) is 6.51. The minimum Gasteiger partial charge on any atom is -0.481 e. The van der Waals surface area contributed by atoms with Crippen LogP contribution in [0.15, 0.2) is 28.7 Å². The van der Waals surface area contributed by atoms with Crippen LogP contribution in [0.4, 0.5) is 5.69 Å². The summed E-state index contributed by atoms with van der Waals surface area (Å²) in [4.78, 5) is 13.2. The van der Waals surface area contributed by atoms with Crippen LogP contribution in [0.1, 0.15) is 13.3 Å². The third-order valence-electron chi connectivity index (χ3n) is 3.39. The summed E-state index contributed by atoms with van der Waals surface area (Å²) in [5.74, 6) is -0.245. The molecule has 0 radical (unpaired) electrons. The Bertz CT molecular complexity index is 436. The van der Waals surface area contributed by atoms with Crippen molar-refractivity contribution in [1.29, 1.82) is 0 Å². The second-order valence-corrected chi connectivity index (χ2v) is 6.06. The summed E-state index contributed by atoms with van der Waals surface area (Å²) in [5, 5.41) is 12.4. The fraction of sp³-hybridized carbons (Fsp3) is 0.500. The van der Waals surface area contributed by atoms with E-state index in [-0.39, 0.29) is 12.5 Å². The Balaban J connectivity index is 2.23. The molecule has 0 aromatic heterocycles. The van der Waals surface area contributed by atoms with Crippen molar-refractivity contribution >= 4 is 27.6 Å². The molecule has 0 spiro atoms. The Labute approximate surface area is 121 Å². The van der Waals surface area contributed by atoms with E-state index in [4.69, 9.17) is 5.11 Å². The fourth-order valence-electron chi connectivity index (χ4n) is 2.49. The van der Waals surface area contributed by atoms with Crippen molar-refractivity contribution in [1.82, 2.24) is 5.32 Å². The maximum absolute atomic E-state index is 11.0. The Kier molecular flexibility index (Phi) is 4.82. The quantitative estimate of drug-likeness (QED) is 0.895. The minimum atomic E-state index is -0.747. The van der Waals surface area contributed by atoms with Crippen LogP contribution in [0.3, 0.4) is 0 Å². The lowest BCUT2D eigenvalue weighted by atomic mass is 10.1. The van der Waals surface area contributed by atoms with Crippen molar-refractivity contribution in [2.75, 3.05) is 24.5 Å². The smallest absolute Gasteiger partial charge is 0.305 e. The first kappa shape index (κ1) is 14.3. The third kappa shape index (κ3) is 3.94. The molecule has 0 saturated carbocycles. The summed E-state index contributed by atoms with van der Waals surface area (Å²) < 4.78 is 1.03. The van der Waals surface area contributed by atoms with Gasteiger partial charge in [0.1, 0.15) is 0 Å². The molecule has 1 aromatic rings. The molecule has 0 bridgehead atoms. The Morgan fingerprint density at radius 2 is 2.11 bits per heavy atom. The average molecular weight is 327 g/mol. The molecular weight excluding hydrogens is 308 g/mol. The summed E-state index contributed by atoms with van der Waals surface area (Å²) in [6, 6.07) is 8.07. The highest BCUT2D eigenvalue weighted by Gasteiger charge is 2.26. The van der Waals surface area contributed by atoms with Gasteiger partial charge in [-0.15, -0.1) is 0 Å². The molecule has 1 heterocycles. The summed E-state index contributed by atoms with van der Waals surface area (Å²) in [6.45, 7) is 4.71. The average Bonchev–Trinajstić information content (AvgIpc) is 2.52. The van der Waals surface area contributed by atoms with Crippen LogP contribution in [0.5, 0.6) is 0 Å². The topological polar surface area (TPSA) is 52.6 Å². The molecule has 0 aliphatic carbocycles. The maximum Gasteiger partial charge on any atom is 0.305 e. The van der Waals surface area contributed by atoms with Gasteiger partial charge in [-0.3, -0.25) is 4.79 Å². The van der Waals surface area contributed by atoms with E-state index in [1.165, 1.54) is 0 Å². The van der Waals surface area contributed by atoms with Crippen LogP contribution in [-0.4, -0.2) is 36.8 Å². The zero-order chi connectivity index (χ0) is 13.8. The number of nitrogens with zero attached hydrogens (tertiary/aromatic N) is 1. The molecule has 1 saturated heterocycles. The van der Waals surface area contributed by atoms with Crippen LogP contribution in [0, 0.1) is 5.92 Å². The Morgan fingerprint density at radius 3 is 2.74 bits per heavy atom. The number of halogens is 1. The number of hydrogen-bond acceptors (Lipinski definition) is 3. The van der Waals surface area contributed by atoms with E-state index in [2.05, 4.69) is 33.1 Å². The molecule has 19 heavy (non-hydrogen) atoms. The molecule has 0 amide bonds. The second-order valence-electron chi connectivity index (χ2n) is 5.14. The van der Waals surface area contributed by atoms with E-state index in [1.54, 1.807) is 0 Å². The van der Waals surface area contributed by atoms with Gasteiger partial charge in [0.25, 0.3) is 0 Å². The number of rotatable bonds is 3. The van der Waals surface area contributed by atoms with Crippen molar-refractivity contribution in [2.45, 2.75) is 19.4 Å². The van der Waals surface area contributed by atoms with Gasteiger partial charge in [-0.1, -0.05) is 22.9 Å². The van der Waals surface area contributed by atoms with E-state index in [0.717, 1.165) is 23.2 Å². The highest BCUT2D eigenvalue weighted by molar-refractivity contribution is 9.10. The van der Waals surface area contributed by atoms with E-state index >= 15 is 0 Å². The van der Waals surface area contributed by atoms with Gasteiger partial charge in [0.05, 0.1) is 12.5 Å². The molecule has 1 aliphatic heterocycles. The molecule has 1 fully saturated rings. The predicted octanol–water partition coefficient (Wildman–Crippen LogP) is 2.34. The lowest BCUT2D eigenvalue weighted by Crippen LogP contribution is -2.41. The number of carboxylic acids is 1. The number of benzene rings is 1. The minimum absolute atomic E-state index is 0.00336. The molecule has 2 unspecified atom stereocenters. The van der Waals surface area contributed by atoms with Crippen LogP contribution >= 0.6 is 15.9 Å². The van der Waals surface area contributed by atoms with Gasteiger partial charge in [0, 0.05) is 23.2 Å². The number of anilines is 1. The van der Waals surface area contributed by atoms with Crippen LogP contribution < -0.4 is 10.2 Å². The first-order chi connectivity index (χ1) is 9.06. The molecule has 1 aliphatic rings. The highest BCUT2D eigenvalue weighted by Crippen LogP contribution is 2.24. The molecule has 104 valence electrons. The van der Waals surface area contributed by atoms with Crippen molar-refractivity contribution in [3.8, 4) is 0 Å². The molecule has 4 nitrogen and oxygen atoms in total. The second kappa shape index (κ2) is 6.39. The lowest BCUT2D eigenvalue weighted by Gasteiger charge is -2.32. The van der Waals surface area contributed by atoms with Gasteiger partial charge in [0.15, 0.2) is 0 Å². The predicted molar refractivity (Wildman–Crippen MR) is 79.6 cm³/mol. The van der Waals surface area contributed by atoms with Gasteiger partial charge in [0.2, 0.25) is 0 Å². The Hall–Kier alpha value is -1.07. The normalized spacial score (nSPS) is 24.0. The van der Waals surface area contributed by atoms with Crippen molar-refractivity contribution in [3.63, 3.8) is 0 Å². The number of carbonyl (C=O) groups is 1. The largest absolute Gasteiger partial charge is 0.481 e. The van der Waals surface area contributed by atoms with E-state index < -0.39 is 5.97 Å². The van der Waals surface area contributed by atoms with Crippen LogP contribution in [-0.2, 0) is 4.79 Å². The molecule has 2 atom stereocenters. The lowest BCUT2D eigenvalue weighted by molar-refractivity contribution is -0.137. The van der Waals surface area contributed by atoms with Crippen molar-refractivity contribution < 1.29 is 9.90 Å². The van der Waals surface area contributed by atoms with Gasteiger partial charge < -0.3 is 15.3 Å². The summed E-state index contributed by atoms with van der Waals surface area (Å²) >= 11 is 3.43. The molecule has 1 aromatic carbocycles. The van der Waals surface area contributed by atoms with Crippen LogP contribution in [0.2, 0.25) is 0 Å². The first-order valence-corrected chi connectivity index (χ1v) is 7.30. The van der Waals surface area contributed by atoms with Gasteiger partial charge in [-0.05, 0) is 36.7 Å². The SMILES string of the molecule is CC1CNCC(CC(=O)O)N(c2ccc(Br)cc2)C1. The highest BCUT2D eigenvalue weighted by atomic mass is 79.9. The third-order valence-corrected chi connectivity index (χ3v) is 3.92. The molecule has 5 heteroatoms. The Morgan fingerprint density at radius 1 is 1.42 bits per heavy atom. The summed E-state index contributed by atoms with van der Waals surface area (Å²) in [6.07, 6.45) is 0.162. The van der Waals surface area contributed by atoms with Gasteiger partial charge in [-0.25, -0.2) is 0 Å². The van der Waals surface area contributed by atoms with Crippen molar-refractivity contribution in [3.05, 3.63) is 28.7 Å². The maximum atomic E-state index is 11.0. The number of aliphatic carboxylic acids is 1. The zero-order valence-corrected chi connectivity index (χ0v) is 12.6. The molecule has 2 N–H and O–H groups in total. The fourth-order valence-corrected chi connectivity index (χ4v) is 2.75. The zero-order valence-electron chi connectivity index (χ0n) is 11.0. The molecular formula is C14H19BrN2O2.